The summed E-state index contributed by atoms with van der Waals surface area (Å²) in [5.41, 5.74) is 0.874. The molecule has 0 aromatic carbocycles. The fraction of sp³-hybridized carbons (Fsp3) is 0.300. The summed E-state index contributed by atoms with van der Waals surface area (Å²) in [5, 5.41) is 5.23. The van der Waals surface area contributed by atoms with Crippen LogP contribution in [0.2, 0.25) is 10.2 Å². The van der Waals surface area contributed by atoms with Gasteiger partial charge in [-0.15, -0.1) is 0 Å². The third-order valence-corrected chi connectivity index (χ3v) is 2.74. The van der Waals surface area contributed by atoms with Crippen LogP contribution in [0.15, 0.2) is 12.3 Å². The highest BCUT2D eigenvalue weighted by Crippen LogP contribution is 2.19. The van der Waals surface area contributed by atoms with E-state index in [1.807, 2.05) is 13.8 Å². The molecule has 2 aromatic heterocycles. The largest absolute Gasteiger partial charge is 0.246 e. The Hall–Kier alpha value is -1.13. The van der Waals surface area contributed by atoms with Crippen LogP contribution in [-0.4, -0.2) is 19.7 Å². The second-order valence-corrected chi connectivity index (χ2v) is 4.26. The first kappa shape index (κ1) is 11.4. The van der Waals surface area contributed by atoms with Gasteiger partial charge in [-0.05, 0) is 19.9 Å². The van der Waals surface area contributed by atoms with E-state index in [-0.39, 0.29) is 0 Å². The highest BCUT2D eigenvalue weighted by molar-refractivity contribution is 6.34. The van der Waals surface area contributed by atoms with Gasteiger partial charge >= 0.3 is 0 Å². The Morgan fingerprint density at radius 1 is 1.31 bits per heavy atom. The van der Waals surface area contributed by atoms with Crippen molar-refractivity contribution in [2.24, 2.45) is 0 Å². The van der Waals surface area contributed by atoms with Gasteiger partial charge in [-0.2, -0.15) is 5.10 Å². The summed E-state index contributed by atoms with van der Waals surface area (Å²) in [6.45, 7) is 4.30. The molecule has 0 unspecified atom stereocenters. The van der Waals surface area contributed by atoms with Gasteiger partial charge in [0.15, 0.2) is 0 Å². The SMILES string of the molecule is Cc1nc(C)n(Cc2cnc(Cl)cc2Cl)n1. The monoisotopic (exact) mass is 256 g/mol. The second-order valence-electron chi connectivity index (χ2n) is 3.46. The van der Waals surface area contributed by atoms with Gasteiger partial charge < -0.3 is 0 Å². The van der Waals surface area contributed by atoms with Gasteiger partial charge in [-0.3, -0.25) is 0 Å². The maximum absolute atomic E-state index is 6.05. The first-order valence-corrected chi connectivity index (χ1v) is 5.50. The van der Waals surface area contributed by atoms with E-state index >= 15 is 0 Å². The molecule has 0 aliphatic rings. The van der Waals surface area contributed by atoms with Crippen molar-refractivity contribution < 1.29 is 0 Å². The highest BCUT2D eigenvalue weighted by atomic mass is 35.5. The average Bonchev–Trinajstić information content (AvgIpc) is 2.50. The highest BCUT2D eigenvalue weighted by Gasteiger charge is 2.07. The number of aromatic nitrogens is 4. The fourth-order valence-corrected chi connectivity index (χ4v) is 1.85. The Kier molecular flexibility index (Phi) is 3.12. The van der Waals surface area contributed by atoms with Crippen molar-refractivity contribution in [3.63, 3.8) is 0 Å². The zero-order valence-corrected chi connectivity index (χ0v) is 10.4. The summed E-state index contributed by atoms with van der Waals surface area (Å²) in [6.07, 6.45) is 1.65. The quantitative estimate of drug-likeness (QED) is 0.777. The molecule has 0 bridgehead atoms. The molecule has 84 valence electrons. The molecule has 0 spiro atoms. The lowest BCUT2D eigenvalue weighted by atomic mass is 10.3. The summed E-state index contributed by atoms with van der Waals surface area (Å²) in [6, 6.07) is 1.62. The summed E-state index contributed by atoms with van der Waals surface area (Å²) in [7, 11) is 0. The van der Waals surface area contributed by atoms with Crippen molar-refractivity contribution >= 4 is 23.2 Å². The van der Waals surface area contributed by atoms with E-state index in [9.17, 15) is 0 Å². The van der Waals surface area contributed by atoms with Crippen LogP contribution in [0.5, 0.6) is 0 Å². The lowest BCUT2D eigenvalue weighted by Gasteiger charge is -2.05. The van der Waals surface area contributed by atoms with E-state index in [4.69, 9.17) is 23.2 Å². The Morgan fingerprint density at radius 3 is 2.62 bits per heavy atom. The normalized spacial score (nSPS) is 10.8. The van der Waals surface area contributed by atoms with Crippen LogP contribution in [-0.2, 0) is 6.54 Å². The van der Waals surface area contributed by atoms with Crippen LogP contribution < -0.4 is 0 Å². The number of halogens is 2. The molecule has 0 saturated carbocycles. The summed E-state index contributed by atoms with van der Waals surface area (Å²) < 4.78 is 1.78. The number of nitrogens with zero attached hydrogens (tertiary/aromatic N) is 4. The minimum absolute atomic E-state index is 0.389. The third-order valence-electron chi connectivity index (χ3n) is 2.18. The predicted octanol–water partition coefficient (Wildman–Crippen LogP) is 2.65. The van der Waals surface area contributed by atoms with E-state index in [2.05, 4.69) is 15.1 Å². The van der Waals surface area contributed by atoms with Gasteiger partial charge in [0.05, 0.1) is 11.6 Å². The number of aryl methyl sites for hydroxylation is 2. The van der Waals surface area contributed by atoms with Crippen molar-refractivity contribution in [2.45, 2.75) is 20.4 Å². The molecule has 0 aliphatic heterocycles. The first-order valence-electron chi connectivity index (χ1n) is 4.74. The van der Waals surface area contributed by atoms with Gasteiger partial charge in [0.1, 0.15) is 16.8 Å². The Balaban J connectivity index is 2.30. The van der Waals surface area contributed by atoms with Crippen molar-refractivity contribution in [1.82, 2.24) is 19.7 Å². The minimum atomic E-state index is 0.389. The van der Waals surface area contributed by atoms with E-state index in [0.29, 0.717) is 16.7 Å². The minimum Gasteiger partial charge on any atom is -0.246 e. The van der Waals surface area contributed by atoms with Crippen LogP contribution in [0.25, 0.3) is 0 Å². The Morgan fingerprint density at radius 2 is 2.06 bits per heavy atom. The molecule has 4 nitrogen and oxygen atoms in total. The van der Waals surface area contributed by atoms with Crippen molar-refractivity contribution in [3.05, 3.63) is 39.7 Å². The summed E-state index contributed by atoms with van der Waals surface area (Å²) in [5.74, 6) is 1.60. The lowest BCUT2D eigenvalue weighted by molar-refractivity contribution is 0.654. The van der Waals surface area contributed by atoms with E-state index in [1.54, 1.807) is 16.9 Å². The molecule has 2 rings (SSSR count). The zero-order valence-electron chi connectivity index (χ0n) is 8.91. The molecule has 2 heterocycles. The molecule has 2 aromatic rings. The molecule has 0 aliphatic carbocycles. The number of hydrogen-bond donors (Lipinski definition) is 0. The molecule has 0 fully saturated rings. The van der Waals surface area contributed by atoms with Gasteiger partial charge in [-0.1, -0.05) is 23.2 Å². The summed E-state index contributed by atoms with van der Waals surface area (Å²) >= 11 is 11.8. The number of pyridine rings is 1. The molecule has 0 saturated heterocycles. The van der Waals surface area contributed by atoms with E-state index in [0.717, 1.165) is 17.2 Å². The molecule has 0 amide bonds. The van der Waals surface area contributed by atoms with Crippen molar-refractivity contribution in [2.75, 3.05) is 0 Å². The maximum atomic E-state index is 6.05. The Labute approximate surface area is 103 Å². The maximum Gasteiger partial charge on any atom is 0.147 e. The Bertz CT molecular complexity index is 522. The smallest absolute Gasteiger partial charge is 0.147 e. The molecule has 6 heteroatoms. The second kappa shape index (κ2) is 4.39. The van der Waals surface area contributed by atoms with Crippen LogP contribution in [0.4, 0.5) is 0 Å². The zero-order chi connectivity index (χ0) is 11.7. The predicted molar refractivity (Wildman–Crippen MR) is 62.9 cm³/mol. The van der Waals surface area contributed by atoms with Gasteiger partial charge in [-0.25, -0.2) is 14.6 Å². The van der Waals surface area contributed by atoms with Crippen molar-refractivity contribution in [1.29, 1.82) is 0 Å². The molecule has 0 atom stereocenters. The van der Waals surface area contributed by atoms with Crippen LogP contribution in [0, 0.1) is 13.8 Å². The van der Waals surface area contributed by atoms with Gasteiger partial charge in [0.25, 0.3) is 0 Å². The number of hydrogen-bond acceptors (Lipinski definition) is 3. The van der Waals surface area contributed by atoms with Gasteiger partial charge in [0, 0.05) is 11.8 Å². The van der Waals surface area contributed by atoms with Crippen LogP contribution in [0.3, 0.4) is 0 Å². The molecular weight excluding hydrogens is 247 g/mol. The van der Waals surface area contributed by atoms with E-state index < -0.39 is 0 Å². The lowest BCUT2D eigenvalue weighted by Crippen LogP contribution is -2.05. The van der Waals surface area contributed by atoms with E-state index in [1.165, 1.54) is 0 Å². The summed E-state index contributed by atoms with van der Waals surface area (Å²) in [4.78, 5) is 8.21. The average molecular weight is 257 g/mol. The van der Waals surface area contributed by atoms with Gasteiger partial charge in [0.2, 0.25) is 0 Å². The molecule has 0 radical (unpaired) electrons. The first-order chi connectivity index (χ1) is 7.56. The van der Waals surface area contributed by atoms with Crippen LogP contribution >= 0.6 is 23.2 Å². The molecule has 16 heavy (non-hydrogen) atoms. The number of rotatable bonds is 2. The standard InChI is InChI=1S/C10H10Cl2N4/c1-6-14-7(2)16(15-6)5-8-4-13-10(12)3-9(8)11/h3-4H,5H2,1-2H3. The molecule has 0 N–H and O–H groups in total. The third kappa shape index (κ3) is 2.33. The molecular formula is C10H10Cl2N4. The topological polar surface area (TPSA) is 43.6 Å². The van der Waals surface area contributed by atoms with Crippen molar-refractivity contribution in [3.8, 4) is 0 Å². The van der Waals surface area contributed by atoms with Crippen LogP contribution in [0.1, 0.15) is 17.2 Å². The fourth-order valence-electron chi connectivity index (χ4n) is 1.42.